The van der Waals surface area contributed by atoms with Crippen LogP contribution in [0.3, 0.4) is 0 Å². The molecule has 0 bridgehead atoms. The average molecular weight is 393 g/mol. The molecule has 28 heavy (non-hydrogen) atoms. The number of para-hydroxylation sites is 2. The van der Waals surface area contributed by atoms with Crippen molar-refractivity contribution in [3.8, 4) is 5.75 Å². The van der Waals surface area contributed by atoms with Gasteiger partial charge in [-0.15, -0.1) is 0 Å². The number of benzene rings is 1. The van der Waals surface area contributed by atoms with E-state index in [0.717, 1.165) is 12.2 Å². The van der Waals surface area contributed by atoms with Gasteiger partial charge in [0, 0.05) is 24.1 Å². The number of nitrogens with one attached hydrogen (secondary N) is 1. The minimum atomic E-state index is -0.112. The van der Waals surface area contributed by atoms with Crippen LogP contribution < -0.4 is 10.2 Å². The quantitative estimate of drug-likeness (QED) is 0.645. The highest BCUT2D eigenvalue weighted by Crippen LogP contribution is 2.45. The van der Waals surface area contributed by atoms with Crippen molar-refractivity contribution in [1.29, 1.82) is 0 Å². The molecular formula is C22H24N4OS. The van der Waals surface area contributed by atoms with Gasteiger partial charge in [0.15, 0.2) is 5.11 Å². The molecule has 5 nitrogen and oxygen atoms in total. The van der Waals surface area contributed by atoms with Gasteiger partial charge >= 0.3 is 0 Å². The van der Waals surface area contributed by atoms with Gasteiger partial charge in [0.1, 0.15) is 5.75 Å². The Hall–Kier alpha value is -2.86. The molecule has 0 radical (unpaired) electrons. The summed E-state index contributed by atoms with van der Waals surface area (Å²) >= 11 is 5.72. The number of anilines is 1. The first-order valence-electron chi connectivity index (χ1n) is 9.48. The third kappa shape index (κ3) is 2.94. The first-order valence-corrected chi connectivity index (χ1v) is 9.89. The molecule has 0 unspecified atom stereocenters. The van der Waals surface area contributed by atoms with Gasteiger partial charge in [0.05, 0.1) is 23.5 Å². The van der Waals surface area contributed by atoms with E-state index in [-0.39, 0.29) is 17.8 Å². The molecule has 2 atom stereocenters. The Morgan fingerprint density at radius 3 is 2.54 bits per heavy atom. The predicted octanol–water partition coefficient (Wildman–Crippen LogP) is 4.40. The molecule has 4 rings (SSSR count). The zero-order chi connectivity index (χ0) is 19.8. The number of phenols is 1. The highest BCUT2D eigenvalue weighted by atomic mass is 32.1. The number of thiocarbonyl (C=S) groups is 1. The average Bonchev–Trinajstić information content (AvgIpc) is 3.18. The minimum Gasteiger partial charge on any atom is -0.506 e. The Kier molecular flexibility index (Phi) is 4.81. The summed E-state index contributed by atoms with van der Waals surface area (Å²) in [6.07, 6.45) is 1.80. The van der Waals surface area contributed by atoms with Crippen LogP contribution in [0.1, 0.15) is 41.7 Å². The highest BCUT2D eigenvalue weighted by Gasteiger charge is 2.42. The van der Waals surface area contributed by atoms with E-state index in [2.05, 4.69) is 41.7 Å². The lowest BCUT2D eigenvalue weighted by Gasteiger charge is -2.28. The molecular weight excluding hydrogens is 368 g/mol. The number of hydrogen-bond donors (Lipinski definition) is 2. The Labute approximate surface area is 170 Å². The maximum absolute atomic E-state index is 10.5. The zero-order valence-electron chi connectivity index (χ0n) is 16.3. The van der Waals surface area contributed by atoms with Crippen molar-refractivity contribution in [2.24, 2.45) is 0 Å². The smallest absolute Gasteiger partial charge is 0.174 e. The molecule has 144 valence electrons. The van der Waals surface area contributed by atoms with Gasteiger partial charge in [0.25, 0.3) is 0 Å². The third-order valence-corrected chi connectivity index (χ3v) is 5.80. The molecule has 1 aliphatic heterocycles. The van der Waals surface area contributed by atoms with Crippen LogP contribution in [0, 0.1) is 13.8 Å². The number of aromatic hydroxyl groups is 1. The van der Waals surface area contributed by atoms with Crippen molar-refractivity contribution in [2.75, 3.05) is 4.90 Å². The van der Waals surface area contributed by atoms with Crippen molar-refractivity contribution in [3.63, 3.8) is 0 Å². The Balaban J connectivity index is 1.91. The number of pyridine rings is 1. The fraction of sp³-hybridized carbons (Fsp3) is 0.273. The van der Waals surface area contributed by atoms with Crippen molar-refractivity contribution in [3.05, 3.63) is 77.4 Å². The molecule has 1 aliphatic rings. The van der Waals surface area contributed by atoms with Gasteiger partial charge in [-0.2, -0.15) is 0 Å². The van der Waals surface area contributed by atoms with Crippen molar-refractivity contribution in [1.82, 2.24) is 14.9 Å². The number of rotatable bonds is 4. The van der Waals surface area contributed by atoms with Crippen LogP contribution in [0.15, 0.2) is 54.7 Å². The summed E-state index contributed by atoms with van der Waals surface area (Å²) < 4.78 is 2.30. The molecule has 6 heteroatoms. The zero-order valence-corrected chi connectivity index (χ0v) is 17.1. The summed E-state index contributed by atoms with van der Waals surface area (Å²) in [5.41, 5.74) is 5.23. The lowest BCUT2D eigenvalue weighted by Crippen LogP contribution is -2.29. The number of aryl methyl sites for hydroxylation is 1. The van der Waals surface area contributed by atoms with Gasteiger partial charge in [-0.25, -0.2) is 0 Å². The first kappa shape index (κ1) is 18.5. The first-order chi connectivity index (χ1) is 13.5. The summed E-state index contributed by atoms with van der Waals surface area (Å²) in [7, 11) is 0. The van der Waals surface area contributed by atoms with Crippen molar-refractivity contribution >= 4 is 23.0 Å². The fourth-order valence-electron chi connectivity index (χ4n) is 4.21. The molecule has 3 heterocycles. The van der Waals surface area contributed by atoms with E-state index < -0.39 is 0 Å². The summed E-state index contributed by atoms with van der Waals surface area (Å²) in [6, 6.07) is 15.2. The molecule has 0 saturated carbocycles. The van der Waals surface area contributed by atoms with E-state index in [1.54, 1.807) is 12.3 Å². The number of phenolic OH excluding ortho intramolecular Hbond substituents is 1. The number of nitrogens with zero attached hydrogens (tertiary/aromatic N) is 3. The van der Waals surface area contributed by atoms with E-state index in [0.29, 0.717) is 10.8 Å². The largest absolute Gasteiger partial charge is 0.506 e. The third-order valence-electron chi connectivity index (χ3n) is 5.49. The lowest BCUT2D eigenvalue weighted by atomic mass is 9.96. The predicted molar refractivity (Wildman–Crippen MR) is 116 cm³/mol. The van der Waals surface area contributed by atoms with E-state index >= 15 is 0 Å². The molecule has 1 saturated heterocycles. The summed E-state index contributed by atoms with van der Waals surface area (Å²) in [6.45, 7) is 7.33. The topological polar surface area (TPSA) is 53.3 Å². The van der Waals surface area contributed by atoms with Gasteiger partial charge in [-0.1, -0.05) is 18.2 Å². The summed E-state index contributed by atoms with van der Waals surface area (Å²) in [4.78, 5) is 6.60. The maximum atomic E-state index is 10.5. The van der Waals surface area contributed by atoms with Gasteiger partial charge < -0.3 is 19.9 Å². The highest BCUT2D eigenvalue weighted by molar-refractivity contribution is 7.80. The van der Waals surface area contributed by atoms with Crippen LogP contribution in [0.2, 0.25) is 0 Å². The second kappa shape index (κ2) is 7.28. The van der Waals surface area contributed by atoms with Crippen LogP contribution in [-0.4, -0.2) is 19.8 Å². The second-order valence-electron chi connectivity index (χ2n) is 7.06. The normalized spacial score (nSPS) is 19.1. The van der Waals surface area contributed by atoms with Gasteiger partial charge in [-0.3, -0.25) is 4.98 Å². The number of aromatic nitrogens is 2. The molecule has 1 fully saturated rings. The van der Waals surface area contributed by atoms with Crippen LogP contribution in [0.4, 0.5) is 5.69 Å². The molecule has 2 N–H and O–H groups in total. The number of hydrogen-bond acceptors (Lipinski definition) is 3. The van der Waals surface area contributed by atoms with Gasteiger partial charge in [0.2, 0.25) is 0 Å². The standard InChI is InChI=1S/C22H24N4OS/c1-4-25-14(2)13-16(15(25)3)21-20(17-9-7-8-12-23-17)24-22(28)26(21)18-10-5-6-11-19(18)27/h5-13,20-21,27H,4H2,1-3H3,(H,24,28)/t20-,21+/m1/s1. The Morgan fingerprint density at radius 2 is 1.89 bits per heavy atom. The van der Waals surface area contributed by atoms with Crippen molar-refractivity contribution in [2.45, 2.75) is 39.4 Å². The molecule has 1 aromatic carbocycles. The maximum Gasteiger partial charge on any atom is 0.174 e. The summed E-state index contributed by atoms with van der Waals surface area (Å²) in [5.74, 6) is 0.211. The molecule has 0 spiro atoms. The van der Waals surface area contributed by atoms with Gasteiger partial charge in [-0.05, 0) is 68.9 Å². The van der Waals surface area contributed by atoms with E-state index in [1.165, 1.54) is 17.0 Å². The monoisotopic (exact) mass is 392 g/mol. The SMILES string of the molecule is CCn1c(C)cc([C@H]2[C@@H](c3ccccn3)NC(=S)N2c2ccccc2O)c1C. The lowest BCUT2D eigenvalue weighted by molar-refractivity contribution is 0.472. The van der Waals surface area contributed by atoms with E-state index in [4.69, 9.17) is 12.2 Å². The molecule has 0 aliphatic carbocycles. The van der Waals surface area contributed by atoms with Crippen LogP contribution in [0.5, 0.6) is 5.75 Å². The van der Waals surface area contributed by atoms with E-state index in [1.807, 2.05) is 41.3 Å². The van der Waals surface area contributed by atoms with Crippen LogP contribution in [0.25, 0.3) is 0 Å². The Bertz CT molecular complexity index is 1010. The van der Waals surface area contributed by atoms with Crippen LogP contribution >= 0.6 is 12.2 Å². The minimum absolute atomic E-state index is 0.109. The Morgan fingerprint density at radius 1 is 1.14 bits per heavy atom. The molecule has 2 aromatic heterocycles. The summed E-state index contributed by atoms with van der Waals surface area (Å²) in [5, 5.41) is 14.6. The fourth-order valence-corrected chi connectivity index (χ4v) is 4.55. The van der Waals surface area contributed by atoms with E-state index in [9.17, 15) is 5.11 Å². The second-order valence-corrected chi connectivity index (χ2v) is 7.44. The van der Waals surface area contributed by atoms with Crippen molar-refractivity contribution < 1.29 is 5.11 Å². The molecule has 0 amide bonds. The molecule has 3 aromatic rings. The van der Waals surface area contributed by atoms with Crippen LogP contribution in [-0.2, 0) is 6.54 Å².